The van der Waals surface area contributed by atoms with E-state index in [0.29, 0.717) is 24.6 Å². The predicted molar refractivity (Wildman–Crippen MR) is 99.0 cm³/mol. The second-order valence-corrected chi connectivity index (χ2v) is 5.77. The highest BCUT2D eigenvalue weighted by Gasteiger charge is 2.12. The van der Waals surface area contributed by atoms with Crippen LogP contribution in [0.5, 0.6) is 0 Å². The standard InChI is InChI=1S/C20H19FN4O/c1-25(17-5-3-2-4-6-17)20-23-14-12-18(24-20)19(26)22-13-11-15-7-9-16(21)10-8-15/h2-10,12,14H,11,13H2,1H3,(H,22,26). The Hall–Kier alpha value is -3.28. The van der Waals surface area contributed by atoms with Crippen LogP contribution in [-0.4, -0.2) is 29.5 Å². The molecule has 132 valence electrons. The molecule has 1 amide bonds. The molecule has 0 fully saturated rings. The molecule has 0 spiro atoms. The lowest BCUT2D eigenvalue weighted by molar-refractivity contribution is 0.0949. The average Bonchev–Trinajstić information content (AvgIpc) is 2.69. The molecule has 3 rings (SSSR count). The molecule has 5 nitrogen and oxygen atoms in total. The van der Waals surface area contributed by atoms with E-state index < -0.39 is 0 Å². The Kier molecular flexibility index (Phi) is 5.53. The highest BCUT2D eigenvalue weighted by molar-refractivity contribution is 5.92. The van der Waals surface area contributed by atoms with Crippen LogP contribution >= 0.6 is 0 Å². The first-order chi connectivity index (χ1) is 12.6. The molecule has 0 aliphatic heterocycles. The van der Waals surface area contributed by atoms with Gasteiger partial charge in [-0.1, -0.05) is 30.3 Å². The van der Waals surface area contributed by atoms with E-state index in [1.54, 1.807) is 24.4 Å². The minimum Gasteiger partial charge on any atom is -0.350 e. The lowest BCUT2D eigenvalue weighted by Gasteiger charge is -2.17. The van der Waals surface area contributed by atoms with Crippen molar-refractivity contribution in [3.05, 3.63) is 83.9 Å². The van der Waals surface area contributed by atoms with Gasteiger partial charge in [0.2, 0.25) is 5.95 Å². The van der Waals surface area contributed by atoms with Gasteiger partial charge in [0.05, 0.1) is 0 Å². The van der Waals surface area contributed by atoms with E-state index in [0.717, 1.165) is 11.3 Å². The molecule has 0 bridgehead atoms. The summed E-state index contributed by atoms with van der Waals surface area (Å²) in [5.41, 5.74) is 2.19. The Morgan fingerprint density at radius 2 is 1.81 bits per heavy atom. The molecule has 0 saturated heterocycles. The second kappa shape index (κ2) is 8.20. The van der Waals surface area contributed by atoms with Crippen LogP contribution in [0.1, 0.15) is 16.1 Å². The van der Waals surface area contributed by atoms with Gasteiger partial charge in [0, 0.05) is 25.5 Å². The molecule has 1 aromatic heterocycles. The van der Waals surface area contributed by atoms with Gasteiger partial charge in [-0.25, -0.2) is 14.4 Å². The summed E-state index contributed by atoms with van der Waals surface area (Å²) in [6.07, 6.45) is 2.19. The van der Waals surface area contributed by atoms with Crippen LogP contribution in [0.25, 0.3) is 0 Å². The van der Waals surface area contributed by atoms with Crippen LogP contribution < -0.4 is 10.2 Å². The molecule has 0 unspecified atom stereocenters. The lowest BCUT2D eigenvalue weighted by atomic mass is 10.1. The third kappa shape index (κ3) is 4.42. The number of aromatic nitrogens is 2. The molecular weight excluding hydrogens is 331 g/mol. The van der Waals surface area contributed by atoms with E-state index in [-0.39, 0.29) is 11.7 Å². The van der Waals surface area contributed by atoms with Crippen molar-refractivity contribution >= 4 is 17.5 Å². The van der Waals surface area contributed by atoms with Crippen LogP contribution in [0.2, 0.25) is 0 Å². The van der Waals surface area contributed by atoms with Crippen LogP contribution in [0, 0.1) is 5.82 Å². The highest BCUT2D eigenvalue weighted by Crippen LogP contribution is 2.18. The van der Waals surface area contributed by atoms with Crippen LogP contribution in [0.4, 0.5) is 16.0 Å². The number of anilines is 2. The van der Waals surface area contributed by atoms with Gasteiger partial charge in [0.15, 0.2) is 0 Å². The topological polar surface area (TPSA) is 58.1 Å². The zero-order valence-electron chi connectivity index (χ0n) is 14.4. The SMILES string of the molecule is CN(c1ccccc1)c1nccc(C(=O)NCCc2ccc(F)cc2)n1. The fourth-order valence-corrected chi connectivity index (χ4v) is 2.47. The summed E-state index contributed by atoms with van der Waals surface area (Å²) in [7, 11) is 1.85. The van der Waals surface area contributed by atoms with Gasteiger partial charge >= 0.3 is 0 Å². The molecule has 0 saturated carbocycles. The summed E-state index contributed by atoms with van der Waals surface area (Å²) in [6.45, 7) is 0.443. The Morgan fingerprint density at radius 3 is 2.54 bits per heavy atom. The highest BCUT2D eigenvalue weighted by atomic mass is 19.1. The molecule has 0 aliphatic rings. The van der Waals surface area contributed by atoms with Gasteiger partial charge in [-0.05, 0) is 42.3 Å². The van der Waals surface area contributed by atoms with Crippen LogP contribution in [-0.2, 0) is 6.42 Å². The summed E-state index contributed by atoms with van der Waals surface area (Å²) in [6, 6.07) is 17.5. The number of carbonyl (C=O) groups is 1. The third-order valence-corrected chi connectivity index (χ3v) is 3.93. The quantitative estimate of drug-likeness (QED) is 0.741. The first kappa shape index (κ1) is 17.5. The van der Waals surface area contributed by atoms with E-state index in [1.807, 2.05) is 42.3 Å². The van der Waals surface area contributed by atoms with Crippen molar-refractivity contribution in [3.8, 4) is 0 Å². The smallest absolute Gasteiger partial charge is 0.270 e. The number of para-hydroxylation sites is 1. The zero-order chi connectivity index (χ0) is 18.4. The Balaban J connectivity index is 1.62. The number of hydrogen-bond acceptors (Lipinski definition) is 4. The second-order valence-electron chi connectivity index (χ2n) is 5.77. The molecular formula is C20H19FN4O. The molecule has 1 N–H and O–H groups in total. The lowest BCUT2D eigenvalue weighted by Crippen LogP contribution is -2.27. The normalized spacial score (nSPS) is 10.4. The molecule has 2 aromatic carbocycles. The molecule has 6 heteroatoms. The van der Waals surface area contributed by atoms with Crippen molar-refractivity contribution in [1.29, 1.82) is 0 Å². The van der Waals surface area contributed by atoms with E-state index in [4.69, 9.17) is 0 Å². The van der Waals surface area contributed by atoms with Gasteiger partial charge in [0.25, 0.3) is 5.91 Å². The maximum absolute atomic E-state index is 12.9. The fraction of sp³-hybridized carbons (Fsp3) is 0.150. The molecule has 0 radical (unpaired) electrons. The average molecular weight is 350 g/mol. The maximum atomic E-state index is 12.9. The molecule has 3 aromatic rings. The van der Waals surface area contributed by atoms with E-state index in [9.17, 15) is 9.18 Å². The summed E-state index contributed by atoms with van der Waals surface area (Å²) in [5.74, 6) is -0.0894. The summed E-state index contributed by atoms with van der Waals surface area (Å²) < 4.78 is 12.9. The Morgan fingerprint density at radius 1 is 1.08 bits per heavy atom. The summed E-state index contributed by atoms with van der Waals surface area (Å²) in [4.78, 5) is 22.7. The van der Waals surface area contributed by atoms with Crippen molar-refractivity contribution in [1.82, 2.24) is 15.3 Å². The predicted octanol–water partition coefficient (Wildman–Crippen LogP) is 3.36. The van der Waals surface area contributed by atoms with Gasteiger partial charge in [-0.2, -0.15) is 0 Å². The van der Waals surface area contributed by atoms with Gasteiger partial charge in [0.1, 0.15) is 11.5 Å². The first-order valence-electron chi connectivity index (χ1n) is 8.28. The van der Waals surface area contributed by atoms with Gasteiger partial charge in [-0.3, -0.25) is 4.79 Å². The summed E-state index contributed by atoms with van der Waals surface area (Å²) in [5, 5.41) is 2.83. The summed E-state index contributed by atoms with van der Waals surface area (Å²) >= 11 is 0. The van der Waals surface area contributed by atoms with Gasteiger partial charge in [-0.15, -0.1) is 0 Å². The van der Waals surface area contributed by atoms with Crippen LogP contribution in [0.3, 0.4) is 0 Å². The van der Waals surface area contributed by atoms with Crippen molar-refractivity contribution in [2.45, 2.75) is 6.42 Å². The molecule has 0 atom stereocenters. The number of rotatable bonds is 6. The maximum Gasteiger partial charge on any atom is 0.270 e. The third-order valence-electron chi connectivity index (χ3n) is 3.93. The van der Waals surface area contributed by atoms with E-state index >= 15 is 0 Å². The minimum absolute atomic E-state index is 0.266. The zero-order valence-corrected chi connectivity index (χ0v) is 14.4. The van der Waals surface area contributed by atoms with Crippen LogP contribution in [0.15, 0.2) is 66.9 Å². The van der Waals surface area contributed by atoms with Gasteiger partial charge < -0.3 is 10.2 Å². The molecule has 1 heterocycles. The number of carbonyl (C=O) groups excluding carboxylic acids is 1. The number of amides is 1. The number of nitrogens with one attached hydrogen (secondary N) is 1. The number of nitrogens with zero attached hydrogens (tertiary/aromatic N) is 3. The van der Waals surface area contributed by atoms with E-state index in [1.165, 1.54) is 12.1 Å². The molecule has 0 aliphatic carbocycles. The Labute approximate surface area is 151 Å². The van der Waals surface area contributed by atoms with E-state index in [2.05, 4.69) is 15.3 Å². The Bertz CT molecular complexity index is 868. The van der Waals surface area contributed by atoms with Crippen molar-refractivity contribution in [2.75, 3.05) is 18.5 Å². The van der Waals surface area contributed by atoms with Crippen molar-refractivity contribution in [2.24, 2.45) is 0 Å². The number of benzene rings is 2. The van der Waals surface area contributed by atoms with Crippen molar-refractivity contribution in [3.63, 3.8) is 0 Å². The first-order valence-corrected chi connectivity index (χ1v) is 8.28. The number of halogens is 1. The fourth-order valence-electron chi connectivity index (χ4n) is 2.47. The minimum atomic E-state index is -0.270. The largest absolute Gasteiger partial charge is 0.350 e. The number of hydrogen-bond donors (Lipinski definition) is 1. The van der Waals surface area contributed by atoms with Crippen molar-refractivity contribution < 1.29 is 9.18 Å². The molecule has 26 heavy (non-hydrogen) atoms. The monoisotopic (exact) mass is 350 g/mol.